The van der Waals surface area contributed by atoms with E-state index in [4.69, 9.17) is 0 Å². The standard InChI is InChI=1S/C12H7BrN2O/c13-10-4-1-3-9(7-10)12-11(15-8-16)5-2-6-14-12/h1-7H. The first kappa shape index (κ1) is 10.7. The summed E-state index contributed by atoms with van der Waals surface area (Å²) in [6.07, 6.45) is 3.20. The highest BCUT2D eigenvalue weighted by Crippen LogP contribution is 2.28. The average Bonchev–Trinajstić information content (AvgIpc) is 2.30. The van der Waals surface area contributed by atoms with Crippen LogP contribution in [0.3, 0.4) is 0 Å². The molecule has 2 aromatic rings. The zero-order valence-corrected chi connectivity index (χ0v) is 9.81. The highest BCUT2D eigenvalue weighted by Gasteiger charge is 2.05. The Morgan fingerprint density at radius 3 is 2.88 bits per heavy atom. The number of benzene rings is 1. The summed E-state index contributed by atoms with van der Waals surface area (Å²) >= 11 is 3.39. The predicted molar refractivity (Wildman–Crippen MR) is 65.2 cm³/mol. The van der Waals surface area contributed by atoms with Crippen LogP contribution in [0.5, 0.6) is 0 Å². The minimum absolute atomic E-state index is 0.524. The van der Waals surface area contributed by atoms with Crippen LogP contribution in [-0.2, 0) is 4.79 Å². The number of aromatic nitrogens is 1. The second-order valence-corrected chi connectivity index (χ2v) is 4.00. The fraction of sp³-hybridized carbons (Fsp3) is 0. The molecule has 4 heteroatoms. The fourth-order valence-corrected chi connectivity index (χ4v) is 1.79. The maximum atomic E-state index is 10.3. The van der Waals surface area contributed by atoms with Gasteiger partial charge in [0.1, 0.15) is 5.69 Å². The number of carbonyl (C=O) groups excluding carboxylic acids is 1. The number of hydrogen-bond donors (Lipinski definition) is 0. The topological polar surface area (TPSA) is 42.3 Å². The Balaban J connectivity index is 2.59. The molecular weight excluding hydrogens is 268 g/mol. The van der Waals surface area contributed by atoms with Crippen molar-refractivity contribution in [2.45, 2.75) is 0 Å². The van der Waals surface area contributed by atoms with Crippen LogP contribution >= 0.6 is 15.9 Å². The van der Waals surface area contributed by atoms with Crippen molar-refractivity contribution in [1.82, 2.24) is 4.98 Å². The van der Waals surface area contributed by atoms with Crippen molar-refractivity contribution in [3.8, 4) is 11.3 Å². The normalized spacial score (nSPS) is 9.56. The lowest BCUT2D eigenvalue weighted by Crippen LogP contribution is -1.83. The lowest BCUT2D eigenvalue weighted by Gasteiger charge is -2.03. The Morgan fingerprint density at radius 2 is 2.12 bits per heavy atom. The Labute approximate surface area is 101 Å². The van der Waals surface area contributed by atoms with Crippen LogP contribution in [0.15, 0.2) is 52.1 Å². The summed E-state index contributed by atoms with van der Waals surface area (Å²) in [7, 11) is 0. The average molecular weight is 275 g/mol. The lowest BCUT2D eigenvalue weighted by atomic mass is 10.1. The number of nitrogens with zero attached hydrogens (tertiary/aromatic N) is 2. The molecule has 0 unspecified atom stereocenters. The number of pyridine rings is 1. The summed E-state index contributed by atoms with van der Waals surface area (Å²) in [5.41, 5.74) is 2.10. The zero-order chi connectivity index (χ0) is 11.4. The van der Waals surface area contributed by atoms with Crippen molar-refractivity contribution in [3.63, 3.8) is 0 Å². The van der Waals surface area contributed by atoms with Gasteiger partial charge in [-0.15, -0.1) is 0 Å². The molecule has 0 aliphatic rings. The molecule has 78 valence electrons. The molecule has 2 rings (SSSR count). The predicted octanol–water partition coefficient (Wildman–Crippen LogP) is 3.48. The molecule has 1 aromatic carbocycles. The molecule has 0 saturated heterocycles. The van der Waals surface area contributed by atoms with Gasteiger partial charge in [-0.05, 0) is 24.3 Å². The van der Waals surface area contributed by atoms with Crippen LogP contribution in [-0.4, -0.2) is 11.1 Å². The van der Waals surface area contributed by atoms with Gasteiger partial charge in [-0.3, -0.25) is 4.98 Å². The van der Waals surface area contributed by atoms with Gasteiger partial charge in [0.15, 0.2) is 0 Å². The second-order valence-electron chi connectivity index (χ2n) is 3.08. The van der Waals surface area contributed by atoms with Crippen LogP contribution in [0.25, 0.3) is 11.3 Å². The van der Waals surface area contributed by atoms with Crippen molar-refractivity contribution in [2.75, 3.05) is 0 Å². The number of aliphatic imine (C=N–C) groups is 1. The van der Waals surface area contributed by atoms with Gasteiger partial charge in [-0.1, -0.05) is 28.1 Å². The maximum Gasteiger partial charge on any atom is 0.240 e. The van der Waals surface area contributed by atoms with Crippen LogP contribution in [0, 0.1) is 0 Å². The van der Waals surface area contributed by atoms with Gasteiger partial charge in [0.25, 0.3) is 0 Å². The van der Waals surface area contributed by atoms with Crippen LogP contribution in [0.2, 0.25) is 0 Å². The van der Waals surface area contributed by atoms with E-state index in [0.717, 1.165) is 10.0 Å². The summed E-state index contributed by atoms with van der Waals surface area (Å²) in [6.45, 7) is 0. The van der Waals surface area contributed by atoms with E-state index in [1.54, 1.807) is 18.3 Å². The van der Waals surface area contributed by atoms with Gasteiger partial charge in [0, 0.05) is 16.2 Å². The Morgan fingerprint density at radius 1 is 1.25 bits per heavy atom. The summed E-state index contributed by atoms with van der Waals surface area (Å²) in [5, 5.41) is 0. The molecule has 1 heterocycles. The zero-order valence-electron chi connectivity index (χ0n) is 8.22. The first-order chi connectivity index (χ1) is 7.81. The molecule has 0 aliphatic carbocycles. The van der Waals surface area contributed by atoms with E-state index >= 15 is 0 Å². The van der Waals surface area contributed by atoms with Crippen LogP contribution in [0.4, 0.5) is 5.69 Å². The summed E-state index contributed by atoms with van der Waals surface area (Å²) in [4.78, 5) is 18.1. The second kappa shape index (κ2) is 4.84. The molecule has 0 atom stereocenters. The summed E-state index contributed by atoms with van der Waals surface area (Å²) in [6, 6.07) is 11.1. The van der Waals surface area contributed by atoms with Gasteiger partial charge in [0.05, 0.1) is 5.69 Å². The van der Waals surface area contributed by atoms with Gasteiger partial charge in [-0.2, -0.15) is 4.99 Å². The third-order valence-corrected chi connectivity index (χ3v) is 2.54. The number of rotatable bonds is 2. The molecule has 0 radical (unpaired) electrons. The van der Waals surface area contributed by atoms with Gasteiger partial charge in [-0.25, -0.2) is 4.79 Å². The van der Waals surface area contributed by atoms with E-state index in [2.05, 4.69) is 25.9 Å². The van der Waals surface area contributed by atoms with Crippen LogP contribution in [0.1, 0.15) is 0 Å². The first-order valence-corrected chi connectivity index (χ1v) is 5.39. The third-order valence-electron chi connectivity index (χ3n) is 2.05. The van der Waals surface area contributed by atoms with Gasteiger partial charge >= 0.3 is 0 Å². The summed E-state index contributed by atoms with van der Waals surface area (Å²) in [5.74, 6) is 0. The molecule has 0 N–H and O–H groups in total. The maximum absolute atomic E-state index is 10.3. The van der Waals surface area contributed by atoms with E-state index in [1.165, 1.54) is 6.08 Å². The molecule has 0 bridgehead atoms. The van der Waals surface area contributed by atoms with E-state index in [0.29, 0.717) is 11.4 Å². The molecule has 3 nitrogen and oxygen atoms in total. The van der Waals surface area contributed by atoms with E-state index in [-0.39, 0.29) is 0 Å². The van der Waals surface area contributed by atoms with Crippen molar-refractivity contribution in [2.24, 2.45) is 4.99 Å². The highest BCUT2D eigenvalue weighted by molar-refractivity contribution is 9.10. The molecule has 0 fully saturated rings. The molecule has 1 aromatic heterocycles. The van der Waals surface area contributed by atoms with Crippen LogP contribution < -0.4 is 0 Å². The van der Waals surface area contributed by atoms with Gasteiger partial charge < -0.3 is 0 Å². The molecule has 0 aliphatic heterocycles. The molecule has 16 heavy (non-hydrogen) atoms. The SMILES string of the molecule is O=C=Nc1cccnc1-c1cccc(Br)c1. The lowest BCUT2D eigenvalue weighted by molar-refractivity contribution is 0.565. The Bertz CT molecular complexity index is 562. The minimum Gasteiger partial charge on any atom is -0.254 e. The quantitative estimate of drug-likeness (QED) is 0.622. The Hall–Kier alpha value is -1.77. The monoisotopic (exact) mass is 274 g/mol. The largest absolute Gasteiger partial charge is 0.254 e. The molecule has 0 spiro atoms. The number of halogens is 1. The van der Waals surface area contributed by atoms with E-state index in [9.17, 15) is 4.79 Å². The van der Waals surface area contributed by atoms with Crippen molar-refractivity contribution in [1.29, 1.82) is 0 Å². The Kier molecular flexibility index (Phi) is 3.25. The number of hydrogen-bond acceptors (Lipinski definition) is 3. The van der Waals surface area contributed by atoms with Crippen molar-refractivity contribution in [3.05, 3.63) is 47.1 Å². The minimum atomic E-state index is 0.524. The van der Waals surface area contributed by atoms with Crippen molar-refractivity contribution < 1.29 is 4.79 Å². The molecule has 0 saturated carbocycles. The van der Waals surface area contributed by atoms with E-state index < -0.39 is 0 Å². The van der Waals surface area contributed by atoms with Gasteiger partial charge in [0.2, 0.25) is 6.08 Å². The highest BCUT2D eigenvalue weighted by atomic mass is 79.9. The first-order valence-electron chi connectivity index (χ1n) is 4.60. The van der Waals surface area contributed by atoms with Crippen molar-refractivity contribution >= 4 is 27.7 Å². The molecular formula is C12H7BrN2O. The fourth-order valence-electron chi connectivity index (χ4n) is 1.39. The summed E-state index contributed by atoms with van der Waals surface area (Å²) < 4.78 is 0.955. The van der Waals surface area contributed by atoms with E-state index in [1.807, 2.05) is 24.3 Å². The molecule has 0 amide bonds. The third kappa shape index (κ3) is 2.24. The number of isocyanates is 1. The smallest absolute Gasteiger partial charge is 0.240 e.